The SMILES string of the molecule is COc1nc(N)nc2c1ncn2C1O[C@H](COP(=O)(N[C@H](C(=O)OC2CCC2)C(C)C)Oc2cccc3ccccc23)[C@@H](O)[C@@]1(C)O. The Labute approximate surface area is 270 Å². The fraction of sp³-hybridized carbons (Fsp3) is 0.484. The van der Waals surface area contributed by atoms with Crippen LogP contribution >= 0.6 is 7.75 Å². The number of nitrogens with two attached hydrogens (primary N) is 1. The number of aliphatic hydroxyl groups excluding tert-OH is 1. The van der Waals surface area contributed by atoms with Gasteiger partial charge in [0.15, 0.2) is 17.4 Å². The van der Waals surface area contributed by atoms with Crippen LogP contribution in [0.3, 0.4) is 0 Å². The van der Waals surface area contributed by atoms with Crippen LogP contribution in [0, 0.1) is 5.92 Å². The number of nitrogen functional groups attached to an aromatic ring is 1. The van der Waals surface area contributed by atoms with Gasteiger partial charge in [0.1, 0.15) is 35.7 Å². The molecule has 1 aliphatic heterocycles. The first kappa shape index (κ1) is 33.1. The lowest BCUT2D eigenvalue weighted by Gasteiger charge is -2.31. The lowest BCUT2D eigenvalue weighted by atomic mass is 9.96. The molecule has 1 saturated carbocycles. The predicted octanol–water partition coefficient (Wildman–Crippen LogP) is 3.49. The van der Waals surface area contributed by atoms with E-state index < -0.39 is 50.4 Å². The maximum atomic E-state index is 14.6. The van der Waals surface area contributed by atoms with E-state index >= 15 is 0 Å². The molecule has 0 amide bonds. The molecule has 16 heteroatoms. The molecule has 252 valence electrons. The van der Waals surface area contributed by atoms with Crippen LogP contribution in [-0.2, 0) is 23.4 Å². The molecule has 0 spiro atoms. The maximum absolute atomic E-state index is 14.6. The summed E-state index contributed by atoms with van der Waals surface area (Å²) >= 11 is 0. The van der Waals surface area contributed by atoms with E-state index in [1.54, 1.807) is 26.0 Å². The number of esters is 1. The average Bonchev–Trinajstić information content (AvgIpc) is 3.53. The smallest absolute Gasteiger partial charge is 0.459 e. The topological polar surface area (TPSA) is 202 Å². The third kappa shape index (κ3) is 6.51. The minimum Gasteiger partial charge on any atom is -0.479 e. The molecule has 5 N–H and O–H groups in total. The summed E-state index contributed by atoms with van der Waals surface area (Å²) in [6.45, 7) is 4.45. The van der Waals surface area contributed by atoms with Crippen molar-refractivity contribution in [3.05, 3.63) is 48.8 Å². The molecule has 0 radical (unpaired) electrons. The number of nitrogens with one attached hydrogen (secondary N) is 1. The number of rotatable bonds is 12. The molecule has 47 heavy (non-hydrogen) atoms. The van der Waals surface area contributed by atoms with Crippen LogP contribution in [0.2, 0.25) is 0 Å². The van der Waals surface area contributed by atoms with Crippen molar-refractivity contribution >= 4 is 41.6 Å². The van der Waals surface area contributed by atoms with Crippen molar-refractivity contribution in [2.75, 3.05) is 19.5 Å². The van der Waals surface area contributed by atoms with E-state index in [1.807, 2.05) is 30.3 Å². The largest absolute Gasteiger partial charge is 0.479 e. The van der Waals surface area contributed by atoms with E-state index in [9.17, 15) is 19.6 Å². The van der Waals surface area contributed by atoms with Crippen LogP contribution < -0.4 is 20.1 Å². The Morgan fingerprint density at radius 2 is 1.96 bits per heavy atom. The zero-order valence-corrected chi connectivity index (χ0v) is 27.4. The molecular formula is C31H39N6O9P. The van der Waals surface area contributed by atoms with Crippen molar-refractivity contribution in [2.24, 2.45) is 5.92 Å². The molecule has 4 aromatic rings. The summed E-state index contributed by atoms with van der Waals surface area (Å²) in [6.07, 6.45) is -0.276. The molecule has 2 aromatic carbocycles. The molecule has 6 atom stereocenters. The van der Waals surface area contributed by atoms with Gasteiger partial charge in [-0.05, 0) is 43.6 Å². The number of imidazole rings is 1. The van der Waals surface area contributed by atoms with Crippen LogP contribution in [0.4, 0.5) is 5.95 Å². The van der Waals surface area contributed by atoms with E-state index in [0.29, 0.717) is 5.39 Å². The first-order valence-corrected chi connectivity index (χ1v) is 16.9. The normalized spacial score (nSPS) is 25.0. The van der Waals surface area contributed by atoms with Gasteiger partial charge in [0.2, 0.25) is 11.8 Å². The van der Waals surface area contributed by atoms with E-state index in [0.717, 1.165) is 24.6 Å². The Hall–Kier alpha value is -3.85. The van der Waals surface area contributed by atoms with Crippen LogP contribution in [0.5, 0.6) is 11.6 Å². The Morgan fingerprint density at radius 1 is 1.21 bits per heavy atom. The number of aromatic nitrogens is 4. The molecule has 1 aliphatic carbocycles. The summed E-state index contributed by atoms with van der Waals surface area (Å²) in [4.78, 5) is 25.7. The highest BCUT2D eigenvalue weighted by Crippen LogP contribution is 2.49. The minimum atomic E-state index is -4.40. The fourth-order valence-electron chi connectivity index (χ4n) is 5.64. The lowest BCUT2D eigenvalue weighted by Crippen LogP contribution is -2.45. The maximum Gasteiger partial charge on any atom is 0.459 e. The van der Waals surface area contributed by atoms with Crippen molar-refractivity contribution in [3.8, 4) is 11.6 Å². The molecule has 2 unspecified atom stereocenters. The van der Waals surface area contributed by atoms with Gasteiger partial charge in [0.05, 0.1) is 20.0 Å². The van der Waals surface area contributed by atoms with Gasteiger partial charge in [-0.15, -0.1) is 0 Å². The molecule has 1 saturated heterocycles. The quantitative estimate of drug-likeness (QED) is 0.126. The number of methoxy groups -OCH3 is 1. The zero-order valence-electron chi connectivity index (χ0n) is 26.5. The number of ether oxygens (including phenoxy) is 3. The second-order valence-corrected chi connectivity index (χ2v) is 14.0. The molecule has 2 fully saturated rings. The van der Waals surface area contributed by atoms with E-state index in [-0.39, 0.29) is 40.8 Å². The van der Waals surface area contributed by atoms with E-state index in [4.69, 9.17) is 29.0 Å². The van der Waals surface area contributed by atoms with Crippen molar-refractivity contribution in [1.82, 2.24) is 24.6 Å². The third-order valence-corrected chi connectivity index (χ3v) is 10.1. The first-order valence-electron chi connectivity index (χ1n) is 15.4. The van der Waals surface area contributed by atoms with Gasteiger partial charge >= 0.3 is 13.7 Å². The highest BCUT2D eigenvalue weighted by atomic mass is 31.2. The summed E-state index contributed by atoms with van der Waals surface area (Å²) in [5.41, 5.74) is 4.43. The van der Waals surface area contributed by atoms with Gasteiger partial charge < -0.3 is 34.7 Å². The number of hydrogen-bond donors (Lipinski definition) is 4. The van der Waals surface area contributed by atoms with Gasteiger partial charge in [-0.2, -0.15) is 15.1 Å². The Balaban J connectivity index is 1.28. The minimum absolute atomic E-state index is 0.0951. The van der Waals surface area contributed by atoms with Gasteiger partial charge in [-0.25, -0.2) is 9.55 Å². The highest BCUT2D eigenvalue weighted by molar-refractivity contribution is 7.52. The number of carbonyl (C=O) groups is 1. The Kier molecular flexibility index (Phi) is 9.13. The van der Waals surface area contributed by atoms with Crippen molar-refractivity contribution in [1.29, 1.82) is 0 Å². The van der Waals surface area contributed by atoms with Crippen molar-refractivity contribution in [3.63, 3.8) is 0 Å². The van der Waals surface area contributed by atoms with Crippen LogP contribution in [-0.4, -0.2) is 79.4 Å². The number of hydrogen-bond acceptors (Lipinski definition) is 13. The van der Waals surface area contributed by atoms with Crippen LogP contribution in [0.1, 0.15) is 46.3 Å². The second kappa shape index (κ2) is 13.0. The highest BCUT2D eigenvalue weighted by Gasteiger charge is 2.54. The summed E-state index contributed by atoms with van der Waals surface area (Å²) in [6, 6.07) is 11.6. The fourth-order valence-corrected chi connectivity index (χ4v) is 7.32. The number of carbonyl (C=O) groups excluding carboxylic acids is 1. The van der Waals surface area contributed by atoms with Crippen LogP contribution in [0.15, 0.2) is 48.8 Å². The standard InChI is InChI=1S/C31H39N6O9P/c1-17(2)23(28(39)44-19-11-8-12-19)36-47(41,46-21-14-7-10-18-9-5-6-13-20(18)21)43-15-22-25(38)31(3,40)29(45-22)37-16-33-24-26(37)34-30(32)35-27(24)42-4/h5-7,9-10,13-14,16-17,19,22-23,25,29,38,40H,8,11-12,15H2,1-4H3,(H,36,41)(H2,32,34,35)/t22-,23+,25-,29?,31-,47?/m1/s1. The molecule has 3 heterocycles. The summed E-state index contributed by atoms with van der Waals surface area (Å²) < 4.78 is 45.1. The Bertz CT molecular complexity index is 1810. The van der Waals surface area contributed by atoms with Gasteiger partial charge in [-0.3, -0.25) is 13.9 Å². The monoisotopic (exact) mass is 670 g/mol. The van der Waals surface area contributed by atoms with Crippen molar-refractivity contribution < 1.29 is 42.8 Å². The first-order chi connectivity index (χ1) is 22.4. The zero-order chi connectivity index (χ0) is 33.5. The molecule has 6 rings (SSSR count). The van der Waals surface area contributed by atoms with Gasteiger partial charge in [-0.1, -0.05) is 50.2 Å². The Morgan fingerprint density at radius 3 is 2.66 bits per heavy atom. The van der Waals surface area contributed by atoms with Crippen LogP contribution in [0.25, 0.3) is 21.9 Å². The number of benzene rings is 2. The van der Waals surface area contributed by atoms with E-state index in [1.165, 1.54) is 24.9 Å². The molecular weight excluding hydrogens is 631 g/mol. The van der Waals surface area contributed by atoms with E-state index in [2.05, 4.69) is 20.0 Å². The molecule has 2 aromatic heterocycles. The number of fused-ring (bicyclic) bond motifs is 2. The lowest BCUT2D eigenvalue weighted by molar-refractivity contribution is -0.156. The summed E-state index contributed by atoms with van der Waals surface area (Å²) in [7, 11) is -2.99. The van der Waals surface area contributed by atoms with Gasteiger partial charge in [0, 0.05) is 5.39 Å². The second-order valence-electron chi connectivity index (χ2n) is 12.3. The molecule has 15 nitrogen and oxygen atoms in total. The molecule has 2 aliphatic rings. The number of aliphatic hydroxyl groups is 2. The van der Waals surface area contributed by atoms with Gasteiger partial charge in [0.25, 0.3) is 0 Å². The number of nitrogens with zero attached hydrogens (tertiary/aromatic N) is 4. The van der Waals surface area contributed by atoms with Crippen molar-refractivity contribution in [2.45, 2.75) is 76.2 Å². The third-order valence-electron chi connectivity index (χ3n) is 8.54. The summed E-state index contributed by atoms with van der Waals surface area (Å²) in [5.74, 6) is -0.642. The molecule has 0 bridgehead atoms. The summed E-state index contributed by atoms with van der Waals surface area (Å²) in [5, 5.41) is 27.0. The predicted molar refractivity (Wildman–Crippen MR) is 170 cm³/mol. The number of anilines is 1. The average molecular weight is 671 g/mol.